The number of benzene rings is 4. The molecule has 0 atom stereocenters. The van der Waals surface area contributed by atoms with Crippen LogP contribution in [0.25, 0.3) is 21.9 Å². The van der Waals surface area contributed by atoms with Crippen molar-refractivity contribution in [3.8, 4) is 11.1 Å². The molecule has 0 radical (unpaired) electrons. The van der Waals surface area contributed by atoms with Crippen molar-refractivity contribution in [3.63, 3.8) is 0 Å². The third-order valence-corrected chi connectivity index (χ3v) is 8.18. The Hall–Kier alpha value is -4.36. The van der Waals surface area contributed by atoms with Crippen LogP contribution in [0.15, 0.2) is 95.4 Å². The van der Waals surface area contributed by atoms with Crippen LogP contribution < -0.4 is 5.73 Å². The number of nitrogens with zero attached hydrogens (tertiary/aromatic N) is 1. The molecular formula is C36H35F3N2O2. The van der Waals surface area contributed by atoms with Crippen LogP contribution in [0.1, 0.15) is 53.2 Å². The normalized spacial score (nSPS) is 12.3. The van der Waals surface area contributed by atoms with Crippen LogP contribution in [-0.4, -0.2) is 10.8 Å². The number of hydrogen-bond donors (Lipinski definition) is 1. The molecule has 0 unspecified atom stereocenters. The predicted octanol–water partition coefficient (Wildman–Crippen LogP) is 8.70. The Morgan fingerprint density at radius 3 is 2.12 bits per heavy atom. The van der Waals surface area contributed by atoms with E-state index in [2.05, 4.69) is 36.9 Å². The van der Waals surface area contributed by atoms with Crippen LogP contribution in [0.2, 0.25) is 0 Å². The predicted molar refractivity (Wildman–Crippen MR) is 164 cm³/mol. The summed E-state index contributed by atoms with van der Waals surface area (Å²) >= 11 is 0. The maximum atomic E-state index is 13.3. The number of nitrogens with two attached hydrogens (primary N) is 1. The highest BCUT2D eigenvalue weighted by Gasteiger charge is 2.35. The maximum absolute atomic E-state index is 13.3. The molecule has 0 bridgehead atoms. The molecule has 7 heteroatoms. The number of halogens is 3. The molecule has 4 nitrogen and oxygen atoms in total. The largest absolute Gasteiger partial charge is 0.455 e. The van der Waals surface area contributed by atoms with Gasteiger partial charge in [0.05, 0.1) is 12.0 Å². The Kier molecular flexibility index (Phi) is 8.21. The van der Waals surface area contributed by atoms with E-state index in [4.69, 9.17) is 10.2 Å². The van der Waals surface area contributed by atoms with Crippen molar-refractivity contribution in [1.82, 2.24) is 4.90 Å². The van der Waals surface area contributed by atoms with E-state index in [1.165, 1.54) is 11.6 Å². The van der Waals surface area contributed by atoms with E-state index in [-0.39, 0.29) is 12.3 Å². The fourth-order valence-corrected chi connectivity index (χ4v) is 5.52. The van der Waals surface area contributed by atoms with Gasteiger partial charge in [-0.05, 0) is 89.5 Å². The lowest BCUT2D eigenvalue weighted by atomic mass is 9.82. The van der Waals surface area contributed by atoms with Crippen molar-refractivity contribution in [2.75, 3.05) is 0 Å². The molecule has 0 saturated carbocycles. The second-order valence-corrected chi connectivity index (χ2v) is 11.7. The summed E-state index contributed by atoms with van der Waals surface area (Å²) in [5.41, 5.74) is 12.1. The topological polar surface area (TPSA) is 59.5 Å². The van der Waals surface area contributed by atoms with Gasteiger partial charge in [-0.2, -0.15) is 13.2 Å². The number of aryl methyl sites for hydroxylation is 2. The number of rotatable bonds is 9. The molecule has 4 aromatic carbocycles. The van der Waals surface area contributed by atoms with Gasteiger partial charge < -0.3 is 10.2 Å². The monoisotopic (exact) mass is 584 g/mol. The van der Waals surface area contributed by atoms with Gasteiger partial charge in [-0.3, -0.25) is 9.69 Å². The van der Waals surface area contributed by atoms with Crippen LogP contribution in [0.5, 0.6) is 0 Å². The summed E-state index contributed by atoms with van der Waals surface area (Å²) in [5.74, 6) is -1.13. The molecule has 222 valence electrons. The molecule has 1 aromatic heterocycles. The average Bonchev–Trinajstić information content (AvgIpc) is 3.45. The first-order valence-corrected chi connectivity index (χ1v) is 14.2. The van der Waals surface area contributed by atoms with Crippen LogP contribution in [0.4, 0.5) is 13.2 Å². The van der Waals surface area contributed by atoms with Gasteiger partial charge >= 0.3 is 6.18 Å². The average molecular weight is 585 g/mol. The van der Waals surface area contributed by atoms with Gasteiger partial charge in [-0.15, -0.1) is 0 Å². The summed E-state index contributed by atoms with van der Waals surface area (Å²) in [4.78, 5) is 14.1. The summed E-state index contributed by atoms with van der Waals surface area (Å²) in [7, 11) is 0. The molecule has 2 N–H and O–H groups in total. The summed E-state index contributed by atoms with van der Waals surface area (Å²) in [6.45, 7) is 9.02. The first-order valence-electron chi connectivity index (χ1n) is 14.2. The minimum absolute atomic E-state index is 0.212. The minimum Gasteiger partial charge on any atom is -0.455 e. The number of carbonyl (C=O) groups excluding carboxylic acids is 1. The quantitative estimate of drug-likeness (QED) is 0.189. The number of furan rings is 1. The molecule has 0 spiro atoms. The molecule has 0 aliphatic heterocycles. The Morgan fingerprint density at radius 2 is 1.47 bits per heavy atom. The van der Waals surface area contributed by atoms with Crippen molar-refractivity contribution in [2.45, 2.75) is 58.9 Å². The highest BCUT2D eigenvalue weighted by Crippen LogP contribution is 2.33. The van der Waals surface area contributed by atoms with Crippen molar-refractivity contribution >= 4 is 16.7 Å². The first-order chi connectivity index (χ1) is 20.3. The van der Waals surface area contributed by atoms with Crippen molar-refractivity contribution in [2.24, 2.45) is 5.73 Å². The fraction of sp³-hybridized carbons (Fsp3) is 0.250. The Balaban J connectivity index is 1.45. The van der Waals surface area contributed by atoms with Crippen LogP contribution in [0, 0.1) is 13.8 Å². The van der Waals surface area contributed by atoms with E-state index in [1.807, 2.05) is 74.5 Å². The molecule has 0 fully saturated rings. The maximum Gasteiger partial charge on any atom is 0.449 e. The van der Waals surface area contributed by atoms with Crippen LogP contribution in [-0.2, 0) is 36.0 Å². The SMILES string of the molecule is Cc1cc(C)c2ccccc2c1CN(Cc1ccc(-c2cccc(C(C)(C)C(N)=O)c2)cc1)Cc1ccc(C(F)(F)F)o1. The molecule has 1 heterocycles. The zero-order chi connectivity index (χ0) is 30.9. The number of amides is 1. The summed E-state index contributed by atoms with van der Waals surface area (Å²) in [6, 6.07) is 28.6. The highest BCUT2D eigenvalue weighted by atomic mass is 19.4. The zero-order valence-corrected chi connectivity index (χ0v) is 24.8. The standard InChI is InChI=1S/C36H35F3N2O2/c1-23-18-24(2)32(31-11-6-5-10-30(23)31)22-41(21-29-16-17-33(43-29)36(37,38)39)20-25-12-14-26(15-13-25)27-8-7-9-28(19-27)35(3,4)34(40)42/h5-19H,20-22H2,1-4H3,(H2,40,42). The molecule has 5 rings (SSSR count). The zero-order valence-electron chi connectivity index (χ0n) is 24.8. The molecule has 0 saturated heterocycles. The van der Waals surface area contributed by atoms with Gasteiger partial charge in [0.2, 0.25) is 11.7 Å². The summed E-state index contributed by atoms with van der Waals surface area (Å²) in [6.07, 6.45) is -4.54. The van der Waals surface area contributed by atoms with E-state index < -0.39 is 23.3 Å². The van der Waals surface area contributed by atoms with Crippen LogP contribution in [0.3, 0.4) is 0 Å². The van der Waals surface area contributed by atoms with Gasteiger partial charge in [-0.1, -0.05) is 78.9 Å². The van der Waals surface area contributed by atoms with E-state index in [0.717, 1.165) is 50.2 Å². The Labute approximate surface area is 249 Å². The van der Waals surface area contributed by atoms with E-state index >= 15 is 0 Å². The van der Waals surface area contributed by atoms with Gasteiger partial charge in [-0.25, -0.2) is 0 Å². The smallest absolute Gasteiger partial charge is 0.449 e. The fourth-order valence-electron chi connectivity index (χ4n) is 5.52. The van der Waals surface area contributed by atoms with E-state index in [1.54, 1.807) is 0 Å². The highest BCUT2D eigenvalue weighted by molar-refractivity contribution is 5.89. The van der Waals surface area contributed by atoms with E-state index in [9.17, 15) is 18.0 Å². The number of primary amides is 1. The first kappa shape index (κ1) is 30.1. The Morgan fingerprint density at radius 1 is 0.767 bits per heavy atom. The molecular weight excluding hydrogens is 549 g/mol. The second-order valence-electron chi connectivity index (χ2n) is 11.7. The molecule has 0 aliphatic rings. The lowest BCUT2D eigenvalue weighted by molar-refractivity contribution is -0.153. The lowest BCUT2D eigenvalue weighted by Gasteiger charge is -2.24. The third-order valence-electron chi connectivity index (χ3n) is 8.18. The molecule has 0 aliphatic carbocycles. The number of fused-ring (bicyclic) bond motifs is 1. The van der Waals surface area contributed by atoms with Crippen molar-refractivity contribution in [3.05, 3.63) is 130 Å². The van der Waals surface area contributed by atoms with Crippen molar-refractivity contribution < 1.29 is 22.4 Å². The van der Waals surface area contributed by atoms with Crippen molar-refractivity contribution in [1.29, 1.82) is 0 Å². The summed E-state index contributed by atoms with van der Waals surface area (Å²) < 4.78 is 45.0. The van der Waals surface area contributed by atoms with Gasteiger partial charge in [0, 0.05) is 13.1 Å². The number of hydrogen-bond acceptors (Lipinski definition) is 3. The van der Waals surface area contributed by atoms with Gasteiger partial charge in [0.25, 0.3) is 0 Å². The Bertz CT molecular complexity index is 1770. The van der Waals surface area contributed by atoms with Gasteiger partial charge in [0.15, 0.2) is 0 Å². The van der Waals surface area contributed by atoms with E-state index in [0.29, 0.717) is 13.1 Å². The van der Waals surface area contributed by atoms with Crippen LogP contribution >= 0.6 is 0 Å². The molecule has 43 heavy (non-hydrogen) atoms. The molecule has 1 amide bonds. The minimum atomic E-state index is -4.54. The van der Waals surface area contributed by atoms with Gasteiger partial charge in [0.1, 0.15) is 5.76 Å². The number of carbonyl (C=O) groups is 1. The third kappa shape index (κ3) is 6.52. The second kappa shape index (κ2) is 11.7. The summed E-state index contributed by atoms with van der Waals surface area (Å²) in [5, 5.41) is 2.29. The molecule has 5 aromatic rings. The lowest BCUT2D eigenvalue weighted by Crippen LogP contribution is -2.35. The number of alkyl halides is 3.